The quantitative estimate of drug-likeness (QED) is 0.877. The summed E-state index contributed by atoms with van der Waals surface area (Å²) in [4.78, 5) is 0. The van der Waals surface area contributed by atoms with Gasteiger partial charge >= 0.3 is 0 Å². The summed E-state index contributed by atoms with van der Waals surface area (Å²) in [6, 6.07) is 4.87. The minimum absolute atomic E-state index is 0.0127. The van der Waals surface area contributed by atoms with Crippen molar-refractivity contribution in [2.75, 3.05) is 13.2 Å². The Morgan fingerprint density at radius 3 is 2.76 bits per heavy atom. The van der Waals surface area contributed by atoms with Gasteiger partial charge in [0.05, 0.1) is 0 Å². The summed E-state index contributed by atoms with van der Waals surface area (Å²) >= 11 is 0. The lowest BCUT2D eigenvalue weighted by Gasteiger charge is -2.25. The van der Waals surface area contributed by atoms with Crippen molar-refractivity contribution in [3.8, 4) is 0 Å². The molecule has 0 amide bonds. The molecule has 1 saturated heterocycles. The molecule has 1 aliphatic rings. The molecular formula is C14H20FNO. The van der Waals surface area contributed by atoms with Gasteiger partial charge in [-0.25, -0.2) is 4.39 Å². The Morgan fingerprint density at radius 2 is 2.12 bits per heavy atom. The van der Waals surface area contributed by atoms with Gasteiger partial charge in [-0.3, -0.25) is 0 Å². The summed E-state index contributed by atoms with van der Waals surface area (Å²) in [5.41, 5.74) is 8.23. The van der Waals surface area contributed by atoms with Gasteiger partial charge in [0.1, 0.15) is 5.82 Å². The van der Waals surface area contributed by atoms with Gasteiger partial charge in [-0.1, -0.05) is 6.07 Å². The third-order valence-corrected chi connectivity index (χ3v) is 3.56. The molecule has 0 radical (unpaired) electrons. The normalized spacial score (nSPS) is 19.2. The number of hydrogen-bond acceptors (Lipinski definition) is 2. The van der Waals surface area contributed by atoms with E-state index in [9.17, 15) is 4.39 Å². The number of aryl methyl sites for hydroxylation is 1. The summed E-state index contributed by atoms with van der Waals surface area (Å²) in [6.07, 6.45) is 3.15. The summed E-state index contributed by atoms with van der Waals surface area (Å²) in [5.74, 6) is 0.452. The van der Waals surface area contributed by atoms with Crippen molar-refractivity contribution in [3.05, 3.63) is 35.1 Å². The minimum Gasteiger partial charge on any atom is -0.381 e. The molecule has 1 aromatic carbocycles. The molecule has 1 aromatic rings. The molecule has 1 unspecified atom stereocenters. The maximum atomic E-state index is 13.0. The first-order chi connectivity index (χ1) is 8.16. The Balaban J connectivity index is 2.00. The molecule has 0 aliphatic carbocycles. The molecule has 3 heteroatoms. The van der Waals surface area contributed by atoms with Crippen molar-refractivity contribution < 1.29 is 9.13 Å². The number of hydrogen-bond donors (Lipinski definition) is 1. The van der Waals surface area contributed by atoms with Crippen molar-refractivity contribution in [2.45, 2.75) is 32.2 Å². The van der Waals surface area contributed by atoms with E-state index in [-0.39, 0.29) is 11.9 Å². The van der Waals surface area contributed by atoms with Gasteiger partial charge in [0.25, 0.3) is 0 Å². The molecule has 94 valence electrons. The van der Waals surface area contributed by atoms with Crippen molar-refractivity contribution >= 4 is 0 Å². The van der Waals surface area contributed by atoms with E-state index < -0.39 is 0 Å². The van der Waals surface area contributed by atoms with Crippen LogP contribution in [0.3, 0.4) is 0 Å². The second-order valence-corrected chi connectivity index (χ2v) is 4.90. The molecule has 1 atom stereocenters. The van der Waals surface area contributed by atoms with Crippen molar-refractivity contribution in [1.82, 2.24) is 0 Å². The Morgan fingerprint density at radius 1 is 1.41 bits per heavy atom. The lowest BCUT2D eigenvalue weighted by molar-refractivity contribution is 0.0618. The Labute approximate surface area is 102 Å². The van der Waals surface area contributed by atoms with E-state index in [2.05, 4.69) is 0 Å². The van der Waals surface area contributed by atoms with Crippen LogP contribution in [0, 0.1) is 18.7 Å². The highest BCUT2D eigenvalue weighted by Gasteiger charge is 2.19. The fraction of sp³-hybridized carbons (Fsp3) is 0.571. The van der Waals surface area contributed by atoms with Crippen LogP contribution in [0.5, 0.6) is 0 Å². The molecule has 2 rings (SSSR count). The summed E-state index contributed by atoms with van der Waals surface area (Å²) < 4.78 is 18.3. The lowest BCUT2D eigenvalue weighted by atomic mass is 9.88. The van der Waals surface area contributed by atoms with E-state index in [0.717, 1.165) is 43.6 Å². The Bertz CT molecular complexity index is 374. The maximum absolute atomic E-state index is 13.0. The number of ether oxygens (including phenoxy) is 1. The first-order valence-corrected chi connectivity index (χ1v) is 6.26. The molecule has 0 aromatic heterocycles. The molecule has 1 aliphatic heterocycles. The average Bonchev–Trinajstić information content (AvgIpc) is 2.30. The maximum Gasteiger partial charge on any atom is 0.123 e. The Hall–Kier alpha value is -0.930. The van der Waals surface area contributed by atoms with Crippen molar-refractivity contribution in [1.29, 1.82) is 0 Å². The standard InChI is InChI=1S/C14H20FNO/c1-10-8-12(15)2-3-13(10)14(16)9-11-4-6-17-7-5-11/h2-3,8,11,14H,4-7,9,16H2,1H3. The Kier molecular flexibility index (Phi) is 4.13. The van der Waals surface area contributed by atoms with Gasteiger partial charge in [-0.2, -0.15) is 0 Å². The number of halogens is 1. The predicted octanol–water partition coefficient (Wildman–Crippen LogP) is 2.95. The monoisotopic (exact) mass is 237 g/mol. The smallest absolute Gasteiger partial charge is 0.123 e. The molecule has 0 bridgehead atoms. The molecule has 1 fully saturated rings. The predicted molar refractivity (Wildman–Crippen MR) is 66.2 cm³/mol. The van der Waals surface area contributed by atoms with Gasteiger partial charge in [-0.15, -0.1) is 0 Å². The van der Waals surface area contributed by atoms with Crippen molar-refractivity contribution in [2.24, 2.45) is 11.7 Å². The van der Waals surface area contributed by atoms with Crippen LogP contribution in [0.25, 0.3) is 0 Å². The fourth-order valence-electron chi connectivity index (χ4n) is 2.52. The molecule has 2 N–H and O–H groups in total. The van der Waals surface area contributed by atoms with Crippen LogP contribution in [0.15, 0.2) is 18.2 Å². The first-order valence-electron chi connectivity index (χ1n) is 6.26. The zero-order valence-electron chi connectivity index (χ0n) is 10.3. The summed E-state index contributed by atoms with van der Waals surface area (Å²) in [6.45, 7) is 3.61. The number of benzene rings is 1. The molecule has 0 spiro atoms. The van der Waals surface area contributed by atoms with Crippen LogP contribution < -0.4 is 5.73 Å². The SMILES string of the molecule is Cc1cc(F)ccc1C(N)CC1CCOCC1. The van der Waals surface area contributed by atoms with E-state index in [1.165, 1.54) is 6.07 Å². The van der Waals surface area contributed by atoms with Crippen LogP contribution in [-0.2, 0) is 4.74 Å². The molecule has 0 saturated carbocycles. The van der Waals surface area contributed by atoms with Crippen LogP contribution in [0.4, 0.5) is 4.39 Å². The first kappa shape index (κ1) is 12.5. The minimum atomic E-state index is -0.190. The third-order valence-electron chi connectivity index (χ3n) is 3.56. The zero-order chi connectivity index (χ0) is 12.3. The van der Waals surface area contributed by atoms with Gasteiger partial charge in [0.2, 0.25) is 0 Å². The largest absolute Gasteiger partial charge is 0.381 e. The topological polar surface area (TPSA) is 35.2 Å². The van der Waals surface area contributed by atoms with Gasteiger partial charge in [0, 0.05) is 19.3 Å². The third kappa shape index (κ3) is 3.27. The zero-order valence-corrected chi connectivity index (χ0v) is 10.3. The highest BCUT2D eigenvalue weighted by Crippen LogP contribution is 2.27. The van der Waals surface area contributed by atoms with E-state index >= 15 is 0 Å². The van der Waals surface area contributed by atoms with E-state index in [1.807, 2.05) is 13.0 Å². The van der Waals surface area contributed by atoms with Crippen LogP contribution in [-0.4, -0.2) is 13.2 Å². The summed E-state index contributed by atoms with van der Waals surface area (Å²) in [5, 5.41) is 0. The highest BCUT2D eigenvalue weighted by molar-refractivity contribution is 5.29. The number of rotatable bonds is 3. The fourth-order valence-corrected chi connectivity index (χ4v) is 2.52. The molecular weight excluding hydrogens is 217 g/mol. The highest BCUT2D eigenvalue weighted by atomic mass is 19.1. The lowest BCUT2D eigenvalue weighted by Crippen LogP contribution is -2.22. The van der Waals surface area contributed by atoms with E-state index in [4.69, 9.17) is 10.5 Å². The van der Waals surface area contributed by atoms with Crippen LogP contribution in [0.1, 0.15) is 36.4 Å². The second-order valence-electron chi connectivity index (χ2n) is 4.90. The van der Waals surface area contributed by atoms with Crippen LogP contribution in [0.2, 0.25) is 0 Å². The molecule has 17 heavy (non-hydrogen) atoms. The second kappa shape index (κ2) is 5.61. The van der Waals surface area contributed by atoms with Gasteiger partial charge in [-0.05, 0) is 55.4 Å². The number of nitrogens with two attached hydrogens (primary N) is 1. The van der Waals surface area contributed by atoms with Crippen molar-refractivity contribution in [3.63, 3.8) is 0 Å². The van der Waals surface area contributed by atoms with Gasteiger partial charge < -0.3 is 10.5 Å². The van der Waals surface area contributed by atoms with E-state index in [1.54, 1.807) is 6.07 Å². The summed E-state index contributed by atoms with van der Waals surface area (Å²) in [7, 11) is 0. The van der Waals surface area contributed by atoms with E-state index in [0.29, 0.717) is 5.92 Å². The van der Waals surface area contributed by atoms with Crippen LogP contribution >= 0.6 is 0 Å². The molecule has 1 heterocycles. The van der Waals surface area contributed by atoms with Gasteiger partial charge in [0.15, 0.2) is 0 Å². The average molecular weight is 237 g/mol. The molecule has 2 nitrogen and oxygen atoms in total.